The topological polar surface area (TPSA) is 57.4 Å². The molecular weight excluding hydrogens is 331 g/mol. The molecule has 0 radical (unpaired) electrons. The van der Waals surface area contributed by atoms with E-state index in [0.29, 0.717) is 28.4 Å². The molecule has 0 aliphatic carbocycles. The second-order valence-corrected chi connectivity index (χ2v) is 5.77. The number of methoxy groups -OCH3 is 1. The van der Waals surface area contributed by atoms with Gasteiger partial charge in [0.1, 0.15) is 17.3 Å². The number of rotatable bonds is 7. The molecule has 3 rings (SSSR count). The quantitative estimate of drug-likeness (QED) is 0.601. The third-order valence-electron chi connectivity index (χ3n) is 3.13. The van der Waals surface area contributed by atoms with Gasteiger partial charge in [-0.15, -0.1) is 10.2 Å². The second-order valence-electron chi connectivity index (χ2n) is 4.84. The van der Waals surface area contributed by atoms with E-state index in [1.807, 2.05) is 18.2 Å². The van der Waals surface area contributed by atoms with Crippen molar-refractivity contribution in [2.75, 3.05) is 7.11 Å². The number of hydrogen-bond acceptors (Lipinski definition) is 6. The van der Waals surface area contributed by atoms with Crippen LogP contribution in [0.5, 0.6) is 11.5 Å². The monoisotopic (exact) mass is 346 g/mol. The van der Waals surface area contributed by atoms with Crippen LogP contribution in [0.4, 0.5) is 4.39 Å². The molecule has 1 heterocycles. The van der Waals surface area contributed by atoms with Crippen molar-refractivity contribution < 1.29 is 18.3 Å². The van der Waals surface area contributed by atoms with Crippen LogP contribution in [-0.2, 0) is 12.4 Å². The maximum Gasteiger partial charge on any atom is 0.277 e. The molecule has 3 aromatic rings. The first-order chi connectivity index (χ1) is 11.7. The molecule has 0 saturated heterocycles. The van der Waals surface area contributed by atoms with Gasteiger partial charge in [-0.1, -0.05) is 30.0 Å². The number of halogens is 1. The van der Waals surface area contributed by atoms with Crippen LogP contribution in [0, 0.1) is 5.82 Å². The molecule has 0 aliphatic heterocycles. The van der Waals surface area contributed by atoms with E-state index in [1.165, 1.54) is 23.9 Å². The van der Waals surface area contributed by atoms with Gasteiger partial charge in [-0.25, -0.2) is 4.39 Å². The number of thioether (sulfide) groups is 1. The molecule has 124 valence electrons. The molecule has 0 N–H and O–H groups in total. The fraction of sp³-hybridized carbons (Fsp3) is 0.176. The van der Waals surface area contributed by atoms with E-state index in [4.69, 9.17) is 13.9 Å². The lowest BCUT2D eigenvalue weighted by atomic mass is 10.2. The highest BCUT2D eigenvalue weighted by atomic mass is 32.2. The van der Waals surface area contributed by atoms with Gasteiger partial charge in [-0.05, 0) is 29.8 Å². The van der Waals surface area contributed by atoms with Gasteiger partial charge in [0.25, 0.3) is 11.1 Å². The molecule has 5 nitrogen and oxygen atoms in total. The molecule has 0 saturated carbocycles. The minimum atomic E-state index is -0.251. The summed E-state index contributed by atoms with van der Waals surface area (Å²) in [4.78, 5) is 0. The van der Waals surface area contributed by atoms with Crippen molar-refractivity contribution in [3.63, 3.8) is 0 Å². The molecule has 7 heteroatoms. The Labute approximate surface area is 142 Å². The van der Waals surface area contributed by atoms with Crippen molar-refractivity contribution in [2.45, 2.75) is 17.6 Å². The lowest BCUT2D eigenvalue weighted by molar-refractivity contribution is 0.251. The number of hydrogen-bond donors (Lipinski definition) is 0. The summed E-state index contributed by atoms with van der Waals surface area (Å²) in [5.41, 5.74) is 0.980. The van der Waals surface area contributed by atoms with Gasteiger partial charge in [0.2, 0.25) is 0 Å². The zero-order valence-electron chi connectivity index (χ0n) is 12.9. The van der Waals surface area contributed by atoms with Crippen molar-refractivity contribution >= 4 is 11.8 Å². The fourth-order valence-corrected chi connectivity index (χ4v) is 2.65. The number of aromatic nitrogens is 2. The normalized spacial score (nSPS) is 10.6. The standard InChI is InChI=1S/C17H15FN2O3S/c1-21-14-3-2-4-15(9-14)22-10-16-19-20-17(23-16)24-11-12-5-7-13(18)8-6-12/h2-9H,10-11H2,1H3. The summed E-state index contributed by atoms with van der Waals surface area (Å²) in [7, 11) is 1.60. The summed E-state index contributed by atoms with van der Waals surface area (Å²) in [6, 6.07) is 13.6. The summed E-state index contributed by atoms with van der Waals surface area (Å²) in [5, 5.41) is 8.36. The molecule has 0 spiro atoms. The van der Waals surface area contributed by atoms with Crippen LogP contribution >= 0.6 is 11.8 Å². The van der Waals surface area contributed by atoms with Gasteiger partial charge in [-0.3, -0.25) is 0 Å². The van der Waals surface area contributed by atoms with Crippen molar-refractivity contribution in [1.82, 2.24) is 10.2 Å². The third kappa shape index (κ3) is 4.48. The molecule has 0 bridgehead atoms. The maximum atomic E-state index is 12.9. The summed E-state index contributed by atoms with van der Waals surface area (Å²) in [6.45, 7) is 0.178. The minimum absolute atomic E-state index is 0.178. The van der Waals surface area contributed by atoms with E-state index in [1.54, 1.807) is 25.3 Å². The molecule has 24 heavy (non-hydrogen) atoms. The predicted octanol–water partition coefficient (Wildman–Crippen LogP) is 4.09. The highest BCUT2D eigenvalue weighted by molar-refractivity contribution is 7.98. The number of ether oxygens (including phenoxy) is 2. The van der Waals surface area contributed by atoms with Crippen LogP contribution in [0.25, 0.3) is 0 Å². The Balaban J connectivity index is 1.52. The van der Waals surface area contributed by atoms with Gasteiger partial charge in [0.15, 0.2) is 6.61 Å². The maximum absolute atomic E-state index is 12.9. The van der Waals surface area contributed by atoms with E-state index in [0.717, 1.165) is 5.56 Å². The van der Waals surface area contributed by atoms with E-state index < -0.39 is 0 Å². The van der Waals surface area contributed by atoms with Crippen molar-refractivity contribution in [3.05, 3.63) is 65.8 Å². The van der Waals surface area contributed by atoms with Crippen molar-refractivity contribution in [2.24, 2.45) is 0 Å². The van der Waals surface area contributed by atoms with E-state index in [-0.39, 0.29) is 12.4 Å². The first-order valence-corrected chi connectivity index (χ1v) is 8.18. The molecule has 0 fully saturated rings. The van der Waals surface area contributed by atoms with Crippen LogP contribution in [-0.4, -0.2) is 17.3 Å². The van der Waals surface area contributed by atoms with E-state index in [9.17, 15) is 4.39 Å². The molecule has 1 aromatic heterocycles. The Morgan fingerprint density at radius 1 is 1.08 bits per heavy atom. The average molecular weight is 346 g/mol. The van der Waals surface area contributed by atoms with Crippen LogP contribution < -0.4 is 9.47 Å². The summed E-state index contributed by atoms with van der Waals surface area (Å²) < 4.78 is 29.1. The lowest BCUT2D eigenvalue weighted by Crippen LogP contribution is -1.96. The van der Waals surface area contributed by atoms with Gasteiger partial charge in [0.05, 0.1) is 7.11 Å². The minimum Gasteiger partial charge on any atom is -0.497 e. The average Bonchev–Trinajstić information content (AvgIpc) is 3.08. The molecule has 0 aliphatic rings. The smallest absolute Gasteiger partial charge is 0.277 e. The predicted molar refractivity (Wildman–Crippen MR) is 87.6 cm³/mol. The van der Waals surface area contributed by atoms with E-state index >= 15 is 0 Å². The first-order valence-electron chi connectivity index (χ1n) is 7.19. The number of benzene rings is 2. The zero-order chi connectivity index (χ0) is 16.8. The number of nitrogens with zero attached hydrogens (tertiary/aromatic N) is 2. The largest absolute Gasteiger partial charge is 0.497 e. The summed E-state index contributed by atoms with van der Waals surface area (Å²) >= 11 is 1.39. The summed E-state index contributed by atoms with van der Waals surface area (Å²) in [5.74, 6) is 2.14. The first kappa shape index (κ1) is 16.3. The molecular formula is C17H15FN2O3S. The van der Waals surface area contributed by atoms with Crippen LogP contribution in [0.15, 0.2) is 58.2 Å². The van der Waals surface area contributed by atoms with Gasteiger partial charge in [-0.2, -0.15) is 0 Å². The second kappa shape index (κ2) is 7.83. The Hall–Kier alpha value is -2.54. The van der Waals surface area contributed by atoms with Gasteiger partial charge >= 0.3 is 0 Å². The Morgan fingerprint density at radius 2 is 1.88 bits per heavy atom. The van der Waals surface area contributed by atoms with Crippen molar-refractivity contribution in [1.29, 1.82) is 0 Å². The van der Waals surface area contributed by atoms with Crippen molar-refractivity contribution in [3.8, 4) is 11.5 Å². The lowest BCUT2D eigenvalue weighted by Gasteiger charge is -2.05. The molecule has 0 atom stereocenters. The van der Waals surface area contributed by atoms with Gasteiger partial charge in [0, 0.05) is 11.8 Å². The van der Waals surface area contributed by atoms with E-state index in [2.05, 4.69) is 10.2 Å². The van der Waals surface area contributed by atoms with Crippen LogP contribution in [0.3, 0.4) is 0 Å². The fourth-order valence-electron chi connectivity index (χ4n) is 1.92. The molecule has 0 unspecified atom stereocenters. The molecule has 2 aromatic carbocycles. The Bertz CT molecular complexity index is 793. The SMILES string of the molecule is COc1cccc(OCc2nnc(SCc3ccc(F)cc3)o2)c1. The van der Waals surface area contributed by atoms with Gasteiger partial charge < -0.3 is 13.9 Å². The van der Waals surface area contributed by atoms with Crippen LogP contribution in [0.2, 0.25) is 0 Å². The molecule has 0 amide bonds. The third-order valence-corrected chi connectivity index (χ3v) is 4.02. The Kier molecular flexibility index (Phi) is 5.32. The summed E-state index contributed by atoms with van der Waals surface area (Å²) in [6.07, 6.45) is 0. The zero-order valence-corrected chi connectivity index (χ0v) is 13.8. The Morgan fingerprint density at radius 3 is 2.67 bits per heavy atom. The highest BCUT2D eigenvalue weighted by Gasteiger charge is 2.08. The van der Waals surface area contributed by atoms with Crippen LogP contribution in [0.1, 0.15) is 11.5 Å². The highest BCUT2D eigenvalue weighted by Crippen LogP contribution is 2.23.